The molecule has 0 spiro atoms. The molecule has 13 heteroatoms. The third-order valence-electron chi connectivity index (χ3n) is 12.5. The van der Waals surface area contributed by atoms with Crippen molar-refractivity contribution in [1.29, 1.82) is 0 Å². The minimum absolute atomic E-state index is 0.00911. The van der Waals surface area contributed by atoms with Crippen LogP contribution in [0.15, 0.2) is 36.4 Å². The lowest BCUT2D eigenvalue weighted by molar-refractivity contribution is 0.0237. The summed E-state index contributed by atoms with van der Waals surface area (Å²) in [5.74, 6) is 2.00. The van der Waals surface area contributed by atoms with Crippen molar-refractivity contribution < 1.29 is 38.1 Å². The monoisotopic (exact) mass is 846 g/mol. The van der Waals surface area contributed by atoms with Crippen LogP contribution in [-0.2, 0) is 9.47 Å². The Balaban J connectivity index is 1.11. The highest BCUT2D eigenvalue weighted by Crippen LogP contribution is 2.46. The highest BCUT2D eigenvalue weighted by molar-refractivity contribution is 5.97. The summed E-state index contributed by atoms with van der Waals surface area (Å²) in [4.78, 5) is 60.2. The Kier molecular flexibility index (Phi) is 14.1. The number of hydrogen-bond acceptors (Lipinski definition) is 9. The maximum absolute atomic E-state index is 14.2. The first-order chi connectivity index (χ1) is 28.7. The molecule has 61 heavy (non-hydrogen) atoms. The summed E-state index contributed by atoms with van der Waals surface area (Å²) in [6.07, 6.45) is 5.33. The highest BCUT2D eigenvalue weighted by Gasteiger charge is 2.35. The molecule has 1 atom stereocenters. The number of piperazine rings is 1. The molecular weight excluding hydrogens is 775 g/mol. The van der Waals surface area contributed by atoms with Crippen molar-refractivity contribution in [2.45, 2.75) is 137 Å². The highest BCUT2D eigenvalue weighted by atomic mass is 16.6. The summed E-state index contributed by atoms with van der Waals surface area (Å²) < 4.78 is 24.5. The Morgan fingerprint density at radius 2 is 1.18 bits per heavy atom. The molecule has 3 heterocycles. The van der Waals surface area contributed by atoms with E-state index in [1.54, 1.807) is 22.9 Å². The molecule has 6 rings (SSSR count). The molecule has 3 aliphatic heterocycles. The molecular formula is C48H71N5O8. The Hall–Kier alpha value is -4.68. The maximum atomic E-state index is 14.2. The first-order valence-electron chi connectivity index (χ1n) is 22.5. The average Bonchev–Trinajstić information content (AvgIpc) is 3.68. The van der Waals surface area contributed by atoms with Gasteiger partial charge in [0.2, 0.25) is 0 Å². The number of amides is 4. The van der Waals surface area contributed by atoms with Crippen LogP contribution in [0.1, 0.15) is 139 Å². The van der Waals surface area contributed by atoms with Crippen molar-refractivity contribution in [2.75, 3.05) is 64.3 Å². The molecule has 2 aromatic carbocycles. The van der Waals surface area contributed by atoms with Gasteiger partial charge in [-0.1, -0.05) is 20.8 Å². The molecule has 1 aliphatic carbocycles. The lowest BCUT2D eigenvalue weighted by Gasteiger charge is -2.38. The van der Waals surface area contributed by atoms with Crippen LogP contribution in [0.4, 0.5) is 15.3 Å². The second-order valence-electron chi connectivity index (χ2n) is 20.4. The SMILES string of the molecule is CNC(=O)c1ccc(N2CCN(C(=O)OC(C)(C)C)CC2)cc1OC1CCN(C(=O)c2ccc(O[C@H]3CCN(C(=O)OC(C)(C)C)C3)c(C3CCC(C(C)(C)C)CC3)c2)CC1. The van der Waals surface area contributed by atoms with E-state index in [-0.39, 0.29) is 47.5 Å². The zero-order chi connectivity index (χ0) is 44.3. The topological polar surface area (TPSA) is 130 Å². The quantitative estimate of drug-likeness (QED) is 0.278. The number of hydrogen-bond donors (Lipinski definition) is 1. The second-order valence-corrected chi connectivity index (χ2v) is 20.4. The van der Waals surface area contributed by atoms with Crippen molar-refractivity contribution in [1.82, 2.24) is 20.0 Å². The largest absolute Gasteiger partial charge is 0.489 e. The molecule has 3 saturated heterocycles. The van der Waals surface area contributed by atoms with E-state index in [1.807, 2.05) is 70.7 Å². The van der Waals surface area contributed by atoms with Gasteiger partial charge in [0.25, 0.3) is 11.8 Å². The molecule has 1 saturated carbocycles. The van der Waals surface area contributed by atoms with Crippen molar-refractivity contribution in [2.24, 2.45) is 11.3 Å². The molecule has 336 valence electrons. The van der Waals surface area contributed by atoms with Gasteiger partial charge in [0.15, 0.2) is 0 Å². The number of carbonyl (C=O) groups excluding carboxylic acids is 4. The first kappa shape index (κ1) is 45.8. The van der Waals surface area contributed by atoms with Gasteiger partial charge in [0.1, 0.15) is 34.9 Å². The normalized spacial score (nSPS) is 21.8. The van der Waals surface area contributed by atoms with Crippen LogP contribution in [0.2, 0.25) is 0 Å². The predicted octanol–water partition coefficient (Wildman–Crippen LogP) is 8.50. The van der Waals surface area contributed by atoms with E-state index in [0.717, 1.165) is 49.1 Å². The number of rotatable bonds is 8. The Morgan fingerprint density at radius 1 is 0.607 bits per heavy atom. The van der Waals surface area contributed by atoms with Gasteiger partial charge < -0.3 is 43.9 Å². The molecule has 4 amide bonds. The minimum atomic E-state index is -0.563. The van der Waals surface area contributed by atoms with Gasteiger partial charge in [-0.2, -0.15) is 0 Å². The molecule has 4 aliphatic rings. The van der Waals surface area contributed by atoms with Crippen molar-refractivity contribution in [3.05, 3.63) is 53.1 Å². The van der Waals surface area contributed by atoms with Crippen molar-refractivity contribution in [3.63, 3.8) is 0 Å². The summed E-state index contributed by atoms with van der Waals surface area (Å²) in [5.41, 5.74) is 2.25. The van der Waals surface area contributed by atoms with Gasteiger partial charge in [0.05, 0.1) is 12.1 Å². The van der Waals surface area contributed by atoms with E-state index >= 15 is 0 Å². The number of benzene rings is 2. The Bertz CT molecular complexity index is 1870. The van der Waals surface area contributed by atoms with Crippen molar-refractivity contribution >= 4 is 29.7 Å². The van der Waals surface area contributed by atoms with Crippen LogP contribution in [0, 0.1) is 11.3 Å². The predicted molar refractivity (Wildman–Crippen MR) is 237 cm³/mol. The number of likely N-dealkylation sites (tertiary alicyclic amines) is 2. The zero-order valence-electron chi connectivity index (χ0n) is 38.4. The van der Waals surface area contributed by atoms with Crippen LogP contribution < -0.4 is 19.7 Å². The van der Waals surface area contributed by atoms with E-state index in [1.165, 1.54) is 0 Å². The fourth-order valence-corrected chi connectivity index (χ4v) is 9.01. The molecule has 0 radical (unpaired) electrons. The van der Waals surface area contributed by atoms with Crippen LogP contribution in [0.5, 0.6) is 11.5 Å². The summed E-state index contributed by atoms with van der Waals surface area (Å²) in [5, 5.41) is 2.74. The van der Waals surface area contributed by atoms with Crippen LogP contribution >= 0.6 is 0 Å². The maximum Gasteiger partial charge on any atom is 0.410 e. The third kappa shape index (κ3) is 12.0. The smallest absolute Gasteiger partial charge is 0.410 e. The fourth-order valence-electron chi connectivity index (χ4n) is 9.01. The second kappa shape index (κ2) is 18.7. The first-order valence-corrected chi connectivity index (χ1v) is 22.5. The Morgan fingerprint density at radius 3 is 1.77 bits per heavy atom. The number of ether oxygens (including phenoxy) is 4. The van der Waals surface area contributed by atoms with Crippen molar-refractivity contribution in [3.8, 4) is 11.5 Å². The molecule has 0 bridgehead atoms. The van der Waals surface area contributed by atoms with Gasteiger partial charge in [-0.25, -0.2) is 9.59 Å². The van der Waals surface area contributed by atoms with Gasteiger partial charge in [0, 0.05) is 89.4 Å². The fraction of sp³-hybridized carbons (Fsp3) is 0.667. The summed E-state index contributed by atoms with van der Waals surface area (Å²) in [6.45, 7) is 22.6. The van der Waals surface area contributed by atoms with Gasteiger partial charge in [-0.3, -0.25) is 9.59 Å². The molecule has 1 N–H and O–H groups in total. The standard InChI is InChI=1S/C48H71N5O8/c1-46(2,3)34-14-11-32(12-15-34)39-29-33(13-18-40(39)59-37-21-24-53(31-37)45(57)61-48(7,8)9)43(55)51-22-19-36(20-23-51)58-41-30-35(16-17-38(41)42(54)49-10)50-25-27-52(28-26-50)44(56)60-47(4,5)6/h13,16-18,29-30,32,34,36-37H,11-12,14-15,19-28,31H2,1-10H3,(H,49,54)/t32?,34?,37-/m0/s1. The van der Waals surface area contributed by atoms with Crippen LogP contribution in [0.3, 0.4) is 0 Å². The molecule has 2 aromatic rings. The number of nitrogens with zero attached hydrogens (tertiary/aromatic N) is 4. The summed E-state index contributed by atoms with van der Waals surface area (Å²) in [7, 11) is 1.61. The van der Waals surface area contributed by atoms with E-state index in [2.05, 4.69) is 37.1 Å². The zero-order valence-corrected chi connectivity index (χ0v) is 38.4. The lowest BCUT2D eigenvalue weighted by Crippen LogP contribution is -2.50. The summed E-state index contributed by atoms with van der Waals surface area (Å²) >= 11 is 0. The van der Waals surface area contributed by atoms with Gasteiger partial charge in [-0.05, 0) is 120 Å². The number of nitrogens with one attached hydrogen (secondary N) is 1. The van der Waals surface area contributed by atoms with E-state index in [9.17, 15) is 19.2 Å². The average molecular weight is 846 g/mol. The molecule has 0 unspecified atom stereocenters. The lowest BCUT2D eigenvalue weighted by atomic mass is 9.68. The van der Waals surface area contributed by atoms with Gasteiger partial charge >= 0.3 is 12.2 Å². The third-order valence-corrected chi connectivity index (χ3v) is 12.5. The number of anilines is 1. The van der Waals surface area contributed by atoms with Gasteiger partial charge in [-0.15, -0.1) is 0 Å². The number of piperidine rings is 1. The number of carbonyl (C=O) groups is 4. The van der Waals surface area contributed by atoms with E-state index < -0.39 is 11.2 Å². The van der Waals surface area contributed by atoms with E-state index in [0.29, 0.717) is 88.0 Å². The van der Waals surface area contributed by atoms with Crippen LogP contribution in [-0.4, -0.2) is 122 Å². The molecule has 13 nitrogen and oxygen atoms in total. The van der Waals surface area contributed by atoms with Crippen LogP contribution in [0.25, 0.3) is 0 Å². The Labute approximate surface area is 363 Å². The summed E-state index contributed by atoms with van der Waals surface area (Å²) in [6, 6.07) is 11.6. The molecule has 0 aromatic heterocycles. The van der Waals surface area contributed by atoms with E-state index in [4.69, 9.17) is 18.9 Å². The molecule has 4 fully saturated rings. The minimum Gasteiger partial charge on any atom is -0.489 e.